The number of nitrogens with one attached hydrogen (secondary N) is 1. The quantitative estimate of drug-likeness (QED) is 0.825. The summed E-state index contributed by atoms with van der Waals surface area (Å²) in [4.78, 5) is 13.3. The Labute approximate surface area is 134 Å². The molecule has 1 unspecified atom stereocenters. The lowest BCUT2D eigenvalue weighted by atomic mass is 10.2. The van der Waals surface area contributed by atoms with Crippen molar-refractivity contribution in [1.29, 1.82) is 0 Å². The molecule has 1 amide bonds. The highest BCUT2D eigenvalue weighted by atomic mass is 35.5. The molecule has 110 valence electrons. The first-order valence-corrected chi connectivity index (χ1v) is 8.06. The molecule has 21 heavy (non-hydrogen) atoms. The van der Waals surface area contributed by atoms with Crippen molar-refractivity contribution in [2.45, 2.75) is 30.5 Å². The van der Waals surface area contributed by atoms with Crippen molar-refractivity contribution in [2.24, 2.45) is 0 Å². The summed E-state index contributed by atoms with van der Waals surface area (Å²) >= 11 is 7.42. The van der Waals surface area contributed by atoms with E-state index in [1.165, 1.54) is 5.56 Å². The fraction of sp³-hybridized carbons (Fsp3) is 0.235. The number of rotatable bonds is 5. The standard InChI is InChI=1S/C17H18ClNOS/c1-12-5-3-4-6-16(12)21-13(2)17(20)19-11-14-7-9-15(18)10-8-14/h3-10,13H,11H2,1-2H3,(H,19,20). The molecule has 0 spiro atoms. The van der Waals surface area contributed by atoms with Crippen molar-refractivity contribution in [3.05, 3.63) is 64.7 Å². The highest BCUT2D eigenvalue weighted by molar-refractivity contribution is 8.00. The summed E-state index contributed by atoms with van der Waals surface area (Å²) in [5.74, 6) is 0.0400. The van der Waals surface area contributed by atoms with Crippen LogP contribution in [0.5, 0.6) is 0 Å². The maximum Gasteiger partial charge on any atom is 0.233 e. The van der Waals surface area contributed by atoms with E-state index in [1.807, 2.05) is 49.4 Å². The normalized spacial score (nSPS) is 12.0. The van der Waals surface area contributed by atoms with Gasteiger partial charge in [-0.05, 0) is 43.2 Å². The van der Waals surface area contributed by atoms with Gasteiger partial charge >= 0.3 is 0 Å². The minimum Gasteiger partial charge on any atom is -0.351 e. The second kappa shape index (κ2) is 7.53. The van der Waals surface area contributed by atoms with Crippen molar-refractivity contribution in [3.63, 3.8) is 0 Å². The summed E-state index contributed by atoms with van der Waals surface area (Å²) in [5.41, 5.74) is 2.24. The fourth-order valence-electron chi connectivity index (χ4n) is 1.87. The molecule has 0 aromatic heterocycles. The third-order valence-corrected chi connectivity index (χ3v) is 4.68. The second-order valence-corrected chi connectivity index (χ2v) is 6.69. The Morgan fingerprint density at radius 3 is 2.52 bits per heavy atom. The Morgan fingerprint density at radius 1 is 1.19 bits per heavy atom. The minimum atomic E-state index is -0.126. The second-order valence-electron chi connectivity index (χ2n) is 4.87. The highest BCUT2D eigenvalue weighted by Gasteiger charge is 2.14. The monoisotopic (exact) mass is 319 g/mol. The number of hydrogen-bond acceptors (Lipinski definition) is 2. The zero-order valence-electron chi connectivity index (χ0n) is 12.1. The van der Waals surface area contributed by atoms with Gasteiger partial charge in [0.15, 0.2) is 0 Å². The van der Waals surface area contributed by atoms with Crippen LogP contribution in [0.2, 0.25) is 5.02 Å². The highest BCUT2D eigenvalue weighted by Crippen LogP contribution is 2.26. The van der Waals surface area contributed by atoms with Gasteiger partial charge in [0, 0.05) is 16.5 Å². The Morgan fingerprint density at radius 2 is 1.86 bits per heavy atom. The minimum absolute atomic E-state index is 0.0400. The third kappa shape index (κ3) is 4.80. The van der Waals surface area contributed by atoms with Gasteiger partial charge in [-0.2, -0.15) is 0 Å². The summed E-state index contributed by atoms with van der Waals surface area (Å²) in [6.45, 7) is 4.50. The molecule has 0 saturated carbocycles. The summed E-state index contributed by atoms with van der Waals surface area (Å²) in [5, 5.41) is 3.53. The van der Waals surface area contributed by atoms with Crippen LogP contribution in [0.3, 0.4) is 0 Å². The van der Waals surface area contributed by atoms with Gasteiger partial charge in [-0.15, -0.1) is 11.8 Å². The number of thioether (sulfide) groups is 1. The van der Waals surface area contributed by atoms with Gasteiger partial charge < -0.3 is 5.32 Å². The van der Waals surface area contributed by atoms with E-state index >= 15 is 0 Å². The third-order valence-electron chi connectivity index (χ3n) is 3.15. The summed E-state index contributed by atoms with van der Waals surface area (Å²) in [6, 6.07) is 15.6. The number of benzene rings is 2. The molecule has 1 atom stereocenters. The maximum absolute atomic E-state index is 12.1. The Bertz CT molecular complexity index is 612. The Hall–Kier alpha value is -1.45. The van der Waals surface area contributed by atoms with Crippen molar-refractivity contribution in [3.8, 4) is 0 Å². The van der Waals surface area contributed by atoms with Gasteiger partial charge in [0.1, 0.15) is 0 Å². The number of halogens is 1. The van der Waals surface area contributed by atoms with Crippen LogP contribution in [-0.2, 0) is 11.3 Å². The first kappa shape index (κ1) is 15.9. The van der Waals surface area contributed by atoms with Gasteiger partial charge in [-0.25, -0.2) is 0 Å². The maximum atomic E-state index is 12.1. The van der Waals surface area contributed by atoms with Gasteiger partial charge in [-0.3, -0.25) is 4.79 Å². The van der Waals surface area contributed by atoms with Gasteiger partial charge in [0.2, 0.25) is 5.91 Å². The molecule has 4 heteroatoms. The zero-order chi connectivity index (χ0) is 15.2. The van der Waals surface area contributed by atoms with Crippen LogP contribution >= 0.6 is 23.4 Å². The molecule has 2 nitrogen and oxygen atoms in total. The van der Waals surface area contributed by atoms with Crippen molar-refractivity contribution >= 4 is 29.3 Å². The van der Waals surface area contributed by atoms with Crippen molar-refractivity contribution in [1.82, 2.24) is 5.32 Å². The van der Waals surface area contributed by atoms with E-state index in [0.29, 0.717) is 11.6 Å². The number of carbonyl (C=O) groups is 1. The Balaban J connectivity index is 1.88. The van der Waals surface area contributed by atoms with Crippen LogP contribution in [0, 0.1) is 6.92 Å². The number of carbonyl (C=O) groups excluding carboxylic acids is 1. The molecule has 0 saturated heterocycles. The van der Waals surface area contributed by atoms with E-state index in [-0.39, 0.29) is 11.2 Å². The molecular weight excluding hydrogens is 302 g/mol. The summed E-state index contributed by atoms with van der Waals surface area (Å²) in [6.07, 6.45) is 0. The molecule has 1 N–H and O–H groups in total. The molecule has 0 aliphatic heterocycles. The number of aryl methyl sites for hydroxylation is 1. The molecule has 0 bridgehead atoms. The van der Waals surface area contributed by atoms with Crippen molar-refractivity contribution < 1.29 is 4.79 Å². The summed E-state index contributed by atoms with van der Waals surface area (Å²) < 4.78 is 0. The topological polar surface area (TPSA) is 29.1 Å². The lowest BCUT2D eigenvalue weighted by Crippen LogP contribution is -2.30. The first-order chi connectivity index (χ1) is 10.1. The summed E-state index contributed by atoms with van der Waals surface area (Å²) in [7, 11) is 0. The van der Waals surface area contributed by atoms with E-state index in [4.69, 9.17) is 11.6 Å². The average Bonchev–Trinajstić information content (AvgIpc) is 2.48. The predicted molar refractivity (Wildman–Crippen MR) is 89.8 cm³/mol. The predicted octanol–water partition coefficient (Wildman–Crippen LogP) is 4.45. The average molecular weight is 320 g/mol. The number of hydrogen-bond donors (Lipinski definition) is 1. The van der Waals surface area contributed by atoms with E-state index in [9.17, 15) is 4.79 Å². The van der Waals surface area contributed by atoms with Crippen LogP contribution < -0.4 is 5.32 Å². The van der Waals surface area contributed by atoms with Crippen LogP contribution in [0.4, 0.5) is 0 Å². The zero-order valence-corrected chi connectivity index (χ0v) is 13.7. The smallest absolute Gasteiger partial charge is 0.233 e. The van der Waals surface area contributed by atoms with Crippen LogP contribution in [0.1, 0.15) is 18.1 Å². The van der Waals surface area contributed by atoms with E-state index in [0.717, 1.165) is 10.5 Å². The molecule has 0 radical (unpaired) electrons. The van der Waals surface area contributed by atoms with E-state index in [1.54, 1.807) is 11.8 Å². The lowest BCUT2D eigenvalue weighted by Gasteiger charge is -2.13. The molecular formula is C17H18ClNOS. The molecule has 0 aliphatic carbocycles. The lowest BCUT2D eigenvalue weighted by molar-refractivity contribution is -0.120. The molecule has 2 rings (SSSR count). The molecule has 2 aromatic carbocycles. The van der Waals surface area contributed by atoms with Crippen LogP contribution in [0.15, 0.2) is 53.4 Å². The largest absolute Gasteiger partial charge is 0.351 e. The SMILES string of the molecule is Cc1ccccc1SC(C)C(=O)NCc1ccc(Cl)cc1. The Kier molecular flexibility index (Phi) is 5.71. The van der Waals surface area contributed by atoms with Crippen molar-refractivity contribution in [2.75, 3.05) is 0 Å². The molecule has 2 aromatic rings. The molecule has 0 aliphatic rings. The van der Waals surface area contributed by atoms with Gasteiger partial charge in [-0.1, -0.05) is 41.9 Å². The fourth-order valence-corrected chi connectivity index (χ4v) is 2.98. The molecule has 0 heterocycles. The van der Waals surface area contributed by atoms with E-state index in [2.05, 4.69) is 18.3 Å². The number of amides is 1. The van der Waals surface area contributed by atoms with Gasteiger partial charge in [0.25, 0.3) is 0 Å². The van der Waals surface area contributed by atoms with Gasteiger partial charge in [0.05, 0.1) is 5.25 Å². The first-order valence-electron chi connectivity index (χ1n) is 6.80. The van der Waals surface area contributed by atoms with Crippen LogP contribution in [-0.4, -0.2) is 11.2 Å². The van der Waals surface area contributed by atoms with E-state index < -0.39 is 0 Å². The van der Waals surface area contributed by atoms with Crippen LogP contribution in [0.25, 0.3) is 0 Å². The molecule has 0 fully saturated rings.